The fourth-order valence-corrected chi connectivity index (χ4v) is 2.26. The lowest BCUT2D eigenvalue weighted by atomic mass is 9.85. The minimum atomic E-state index is -0.988. The van der Waals surface area contributed by atoms with E-state index >= 15 is 0 Å². The van der Waals surface area contributed by atoms with Crippen molar-refractivity contribution in [2.24, 2.45) is 5.92 Å². The third-order valence-corrected chi connectivity index (χ3v) is 4.15. The monoisotopic (exact) mass is 333 g/mol. The minimum Gasteiger partial charge on any atom is -0.481 e. The molecule has 5 nitrogen and oxygen atoms in total. The summed E-state index contributed by atoms with van der Waals surface area (Å²) in [6, 6.07) is 8.85. The summed E-state index contributed by atoms with van der Waals surface area (Å²) in [4.78, 5) is 23.4. The number of benzene rings is 1. The molecule has 2 N–H and O–H groups in total. The summed E-state index contributed by atoms with van der Waals surface area (Å²) >= 11 is 0. The Morgan fingerprint density at radius 2 is 1.83 bits per heavy atom. The van der Waals surface area contributed by atoms with E-state index in [1.807, 2.05) is 13.8 Å². The number of furan rings is 1. The van der Waals surface area contributed by atoms with Gasteiger partial charge in [0.1, 0.15) is 11.6 Å². The number of aliphatic carboxylic acids is 1. The Morgan fingerprint density at radius 3 is 2.38 bits per heavy atom. The second kappa shape index (κ2) is 6.86. The summed E-state index contributed by atoms with van der Waals surface area (Å²) in [5, 5.41) is 11.8. The van der Waals surface area contributed by atoms with Gasteiger partial charge in [0.2, 0.25) is 0 Å². The zero-order valence-corrected chi connectivity index (χ0v) is 13.8. The van der Waals surface area contributed by atoms with Gasteiger partial charge in [-0.15, -0.1) is 0 Å². The largest absolute Gasteiger partial charge is 0.481 e. The highest BCUT2D eigenvalue weighted by molar-refractivity contribution is 5.93. The summed E-state index contributed by atoms with van der Waals surface area (Å²) in [5.74, 6) is -1.40. The van der Waals surface area contributed by atoms with Gasteiger partial charge in [0.25, 0.3) is 5.91 Å². The van der Waals surface area contributed by atoms with Crippen LogP contribution in [0.5, 0.6) is 0 Å². The standard InChI is InChI=1S/C18H20FNO4/c1-11(2)18(3,10-16(21)22)20-17(23)15-9-8-14(24-15)12-4-6-13(19)7-5-12/h4-9,11H,10H2,1-3H3,(H,20,23)(H,21,22). The van der Waals surface area contributed by atoms with Crippen molar-refractivity contribution in [3.63, 3.8) is 0 Å². The first-order chi connectivity index (χ1) is 11.2. The van der Waals surface area contributed by atoms with Crippen molar-refractivity contribution in [3.8, 4) is 11.3 Å². The molecule has 1 atom stereocenters. The van der Waals surface area contributed by atoms with Crippen LogP contribution in [0.1, 0.15) is 37.7 Å². The summed E-state index contributed by atoms with van der Waals surface area (Å²) in [6.07, 6.45) is -0.193. The van der Waals surface area contributed by atoms with E-state index in [-0.39, 0.29) is 23.9 Å². The molecule has 0 bridgehead atoms. The van der Waals surface area contributed by atoms with Crippen molar-refractivity contribution in [2.45, 2.75) is 32.7 Å². The van der Waals surface area contributed by atoms with Gasteiger partial charge in [0, 0.05) is 5.56 Å². The molecule has 1 amide bonds. The van der Waals surface area contributed by atoms with E-state index in [4.69, 9.17) is 9.52 Å². The predicted octanol–water partition coefficient (Wildman–Crippen LogP) is 3.70. The molecule has 24 heavy (non-hydrogen) atoms. The first-order valence-corrected chi connectivity index (χ1v) is 7.61. The zero-order chi connectivity index (χ0) is 17.9. The molecule has 128 valence electrons. The van der Waals surface area contributed by atoms with Crippen molar-refractivity contribution < 1.29 is 23.5 Å². The van der Waals surface area contributed by atoms with Crippen molar-refractivity contribution in [1.29, 1.82) is 0 Å². The molecular weight excluding hydrogens is 313 g/mol. The average molecular weight is 333 g/mol. The number of amides is 1. The molecule has 0 saturated carbocycles. The van der Waals surface area contributed by atoms with Crippen LogP contribution in [0.2, 0.25) is 0 Å². The summed E-state index contributed by atoms with van der Waals surface area (Å²) in [7, 11) is 0. The minimum absolute atomic E-state index is 0.0755. The molecule has 0 saturated heterocycles. The van der Waals surface area contributed by atoms with Crippen LogP contribution < -0.4 is 5.32 Å². The molecular formula is C18H20FNO4. The van der Waals surface area contributed by atoms with Gasteiger partial charge < -0.3 is 14.8 Å². The van der Waals surface area contributed by atoms with Gasteiger partial charge in [0.15, 0.2) is 5.76 Å². The number of rotatable bonds is 6. The molecule has 1 aromatic carbocycles. The fourth-order valence-electron chi connectivity index (χ4n) is 2.26. The normalized spacial score (nSPS) is 13.5. The smallest absolute Gasteiger partial charge is 0.305 e. The SMILES string of the molecule is CC(C)C(C)(CC(=O)O)NC(=O)c1ccc(-c2ccc(F)cc2)o1. The van der Waals surface area contributed by atoms with Crippen LogP contribution in [0.4, 0.5) is 4.39 Å². The summed E-state index contributed by atoms with van der Waals surface area (Å²) in [5.41, 5.74) is -0.251. The van der Waals surface area contributed by atoms with E-state index in [2.05, 4.69) is 5.32 Å². The van der Waals surface area contributed by atoms with Crippen LogP contribution in [-0.2, 0) is 4.79 Å². The Labute approximate surface area is 139 Å². The molecule has 2 rings (SSSR count). The molecule has 6 heteroatoms. The second-order valence-corrected chi connectivity index (χ2v) is 6.27. The molecule has 1 heterocycles. The predicted molar refractivity (Wildman–Crippen MR) is 87.1 cm³/mol. The van der Waals surface area contributed by atoms with E-state index in [0.717, 1.165) is 0 Å². The lowest BCUT2D eigenvalue weighted by Gasteiger charge is -2.33. The first kappa shape index (κ1) is 17.7. The quantitative estimate of drug-likeness (QED) is 0.844. The van der Waals surface area contributed by atoms with E-state index in [1.54, 1.807) is 25.1 Å². The van der Waals surface area contributed by atoms with Crippen LogP contribution in [0.3, 0.4) is 0 Å². The number of halogens is 1. The Bertz CT molecular complexity index is 736. The maximum absolute atomic E-state index is 13.0. The van der Waals surface area contributed by atoms with Crippen LogP contribution in [0.25, 0.3) is 11.3 Å². The number of nitrogens with one attached hydrogen (secondary N) is 1. The highest BCUT2D eigenvalue weighted by atomic mass is 19.1. The first-order valence-electron chi connectivity index (χ1n) is 7.61. The van der Waals surface area contributed by atoms with Gasteiger partial charge in [-0.05, 0) is 49.2 Å². The van der Waals surface area contributed by atoms with Gasteiger partial charge in [-0.25, -0.2) is 4.39 Å². The van der Waals surface area contributed by atoms with Gasteiger partial charge >= 0.3 is 5.97 Å². The molecule has 2 aromatic rings. The Kier molecular flexibility index (Phi) is 5.07. The van der Waals surface area contributed by atoms with Crippen LogP contribution >= 0.6 is 0 Å². The molecule has 0 radical (unpaired) electrons. The van der Waals surface area contributed by atoms with E-state index < -0.39 is 17.4 Å². The van der Waals surface area contributed by atoms with Gasteiger partial charge in [0.05, 0.1) is 12.0 Å². The Morgan fingerprint density at radius 1 is 1.21 bits per heavy atom. The van der Waals surface area contributed by atoms with Crippen molar-refractivity contribution in [2.75, 3.05) is 0 Å². The highest BCUT2D eigenvalue weighted by Crippen LogP contribution is 2.25. The molecule has 0 aliphatic carbocycles. The highest BCUT2D eigenvalue weighted by Gasteiger charge is 2.33. The number of carboxylic acid groups (broad SMARTS) is 1. The van der Waals surface area contributed by atoms with Crippen molar-refractivity contribution in [3.05, 3.63) is 48.0 Å². The molecule has 0 aliphatic rings. The van der Waals surface area contributed by atoms with Crippen molar-refractivity contribution >= 4 is 11.9 Å². The van der Waals surface area contributed by atoms with Gasteiger partial charge in [-0.2, -0.15) is 0 Å². The average Bonchev–Trinajstić information content (AvgIpc) is 2.96. The van der Waals surface area contributed by atoms with Gasteiger partial charge in [-0.1, -0.05) is 13.8 Å². The third-order valence-electron chi connectivity index (χ3n) is 4.15. The fraction of sp³-hybridized carbons (Fsp3) is 0.333. The van der Waals surface area contributed by atoms with Crippen LogP contribution in [0.15, 0.2) is 40.8 Å². The number of carboxylic acids is 1. The lowest BCUT2D eigenvalue weighted by molar-refractivity contribution is -0.138. The lowest BCUT2D eigenvalue weighted by Crippen LogP contribution is -2.51. The van der Waals surface area contributed by atoms with Crippen molar-refractivity contribution in [1.82, 2.24) is 5.32 Å². The summed E-state index contributed by atoms with van der Waals surface area (Å²) < 4.78 is 18.5. The Balaban J connectivity index is 2.18. The van der Waals surface area contributed by atoms with E-state index in [9.17, 15) is 14.0 Å². The second-order valence-electron chi connectivity index (χ2n) is 6.27. The molecule has 0 spiro atoms. The maximum Gasteiger partial charge on any atom is 0.305 e. The van der Waals surface area contributed by atoms with Crippen LogP contribution in [-0.4, -0.2) is 22.5 Å². The van der Waals surface area contributed by atoms with E-state index in [0.29, 0.717) is 11.3 Å². The maximum atomic E-state index is 13.0. The van der Waals surface area contributed by atoms with Gasteiger partial charge in [-0.3, -0.25) is 9.59 Å². The third kappa shape index (κ3) is 4.01. The summed E-state index contributed by atoms with van der Waals surface area (Å²) in [6.45, 7) is 5.37. The zero-order valence-electron chi connectivity index (χ0n) is 13.8. The Hall–Kier alpha value is -2.63. The molecule has 1 aromatic heterocycles. The topological polar surface area (TPSA) is 79.5 Å². The number of hydrogen-bond acceptors (Lipinski definition) is 3. The molecule has 1 unspecified atom stereocenters. The number of hydrogen-bond donors (Lipinski definition) is 2. The molecule has 0 aliphatic heterocycles. The van der Waals surface area contributed by atoms with Crippen LogP contribution in [0, 0.1) is 11.7 Å². The number of carbonyl (C=O) groups excluding carboxylic acids is 1. The molecule has 0 fully saturated rings. The number of carbonyl (C=O) groups is 2. The van der Waals surface area contributed by atoms with E-state index in [1.165, 1.54) is 18.2 Å².